The average Bonchev–Trinajstić information content (AvgIpc) is 3.43. The maximum Gasteiger partial charge on any atom is 0.241 e. The number of amides is 4. The van der Waals surface area contributed by atoms with Crippen LogP contribution in [0.5, 0.6) is 5.75 Å². The molecule has 3 fully saturated rings. The molecule has 2 aliphatic carbocycles. The molecule has 2 heterocycles. The van der Waals surface area contributed by atoms with E-state index < -0.39 is 35.0 Å². The Bertz CT molecular complexity index is 2040. The van der Waals surface area contributed by atoms with Gasteiger partial charge in [0.1, 0.15) is 5.75 Å². The van der Waals surface area contributed by atoms with Crippen LogP contribution in [0.25, 0.3) is 10.8 Å². The monoisotopic (exact) mass is 630 g/mol. The molecule has 0 radical (unpaired) electrons. The van der Waals surface area contributed by atoms with E-state index in [-0.39, 0.29) is 35.8 Å². The van der Waals surface area contributed by atoms with Crippen molar-refractivity contribution >= 4 is 57.4 Å². The number of imide groups is 2. The van der Waals surface area contributed by atoms with Crippen LogP contribution in [0.4, 0.5) is 11.4 Å². The van der Waals surface area contributed by atoms with Crippen molar-refractivity contribution in [3.05, 3.63) is 113 Å². The van der Waals surface area contributed by atoms with E-state index in [4.69, 9.17) is 11.6 Å². The van der Waals surface area contributed by atoms with Crippen molar-refractivity contribution in [1.82, 2.24) is 0 Å². The number of phenols is 1. The zero-order valence-electron chi connectivity index (χ0n) is 25.3. The van der Waals surface area contributed by atoms with E-state index >= 15 is 0 Å². The van der Waals surface area contributed by atoms with E-state index in [0.717, 1.165) is 16.5 Å². The zero-order valence-corrected chi connectivity index (χ0v) is 26.1. The average molecular weight is 631 g/mol. The molecule has 8 rings (SSSR count). The van der Waals surface area contributed by atoms with E-state index in [1.165, 1.54) is 9.80 Å². The second-order valence-electron chi connectivity index (χ2n) is 13.2. The van der Waals surface area contributed by atoms with Crippen LogP contribution in [0, 0.1) is 36.0 Å². The third kappa shape index (κ3) is 3.78. The normalized spacial score (nSPS) is 28.8. The molecule has 2 aliphatic heterocycles. The van der Waals surface area contributed by atoms with E-state index in [2.05, 4.69) is 0 Å². The van der Waals surface area contributed by atoms with Crippen molar-refractivity contribution in [1.29, 1.82) is 0 Å². The summed E-state index contributed by atoms with van der Waals surface area (Å²) in [6, 6.07) is 25.3. The Labute approximate surface area is 271 Å². The largest absolute Gasteiger partial charge is 0.507 e. The molecular weight excluding hydrogens is 600 g/mol. The molecule has 1 N–H and O–H groups in total. The highest BCUT2D eigenvalue weighted by Gasteiger charge is 2.68. The quantitative estimate of drug-likeness (QED) is 0.195. The van der Waals surface area contributed by atoms with Gasteiger partial charge in [0.05, 0.1) is 34.5 Å². The van der Waals surface area contributed by atoms with Crippen molar-refractivity contribution < 1.29 is 24.3 Å². The molecule has 6 atom stereocenters. The second kappa shape index (κ2) is 10.1. The van der Waals surface area contributed by atoms with Crippen LogP contribution in [0.3, 0.4) is 0 Å². The van der Waals surface area contributed by atoms with Crippen LogP contribution in [0.2, 0.25) is 5.02 Å². The fraction of sp³-hybridized carbons (Fsp3) is 0.263. The van der Waals surface area contributed by atoms with Gasteiger partial charge in [-0.3, -0.25) is 19.2 Å². The van der Waals surface area contributed by atoms with Gasteiger partial charge in [-0.15, -0.1) is 0 Å². The smallest absolute Gasteiger partial charge is 0.241 e. The first kappa shape index (κ1) is 28.7. The maximum absolute atomic E-state index is 14.6. The third-order valence-electron chi connectivity index (χ3n) is 10.9. The van der Waals surface area contributed by atoms with Gasteiger partial charge >= 0.3 is 0 Å². The van der Waals surface area contributed by atoms with Crippen molar-refractivity contribution in [2.45, 2.75) is 32.6 Å². The number of allylic oxidation sites excluding steroid dienone is 2. The Kier molecular flexibility index (Phi) is 6.32. The van der Waals surface area contributed by atoms with Gasteiger partial charge < -0.3 is 5.11 Å². The Morgan fingerprint density at radius 2 is 1.54 bits per heavy atom. The van der Waals surface area contributed by atoms with Crippen LogP contribution in [0.15, 0.2) is 96.6 Å². The summed E-state index contributed by atoms with van der Waals surface area (Å²) >= 11 is 6.41. The molecule has 0 aromatic heterocycles. The van der Waals surface area contributed by atoms with Crippen molar-refractivity contribution in [3.63, 3.8) is 0 Å². The molecule has 0 bridgehead atoms. The summed E-state index contributed by atoms with van der Waals surface area (Å²) in [6.45, 7) is 3.68. The first-order valence-corrected chi connectivity index (χ1v) is 16.0. The number of para-hydroxylation sites is 1. The standard InChI is InChI=1S/C38H31ClN2O5/c1-20-12-14-23(18-30(20)39)40-34(43)26-17-16-25-28(31(26)36(40)45)19-29-35(44)41(22-9-4-3-5-10-22)37(46)38(29,2)32(25)27-15-13-21-8-6-7-11-24(21)33(27)42/h3-16,18,26,28-29,31-32,42H,17,19H2,1-2H3. The van der Waals surface area contributed by atoms with Gasteiger partial charge in [0.2, 0.25) is 23.6 Å². The molecule has 4 aromatic carbocycles. The molecule has 2 saturated heterocycles. The molecule has 6 unspecified atom stereocenters. The summed E-state index contributed by atoms with van der Waals surface area (Å²) in [5.41, 5.74) is 1.87. The summed E-state index contributed by atoms with van der Waals surface area (Å²) < 4.78 is 0. The number of carbonyl (C=O) groups excluding carboxylic acids is 4. The minimum absolute atomic E-state index is 0.0508. The van der Waals surface area contributed by atoms with Crippen LogP contribution >= 0.6 is 11.6 Å². The molecule has 1 saturated carbocycles. The summed E-state index contributed by atoms with van der Waals surface area (Å²) in [7, 11) is 0. The predicted molar refractivity (Wildman–Crippen MR) is 175 cm³/mol. The van der Waals surface area contributed by atoms with Crippen LogP contribution in [-0.2, 0) is 19.2 Å². The molecule has 230 valence electrons. The molecule has 46 heavy (non-hydrogen) atoms. The number of rotatable bonds is 3. The Balaban J connectivity index is 1.30. The highest BCUT2D eigenvalue weighted by atomic mass is 35.5. The third-order valence-corrected chi connectivity index (χ3v) is 11.4. The van der Waals surface area contributed by atoms with Crippen LogP contribution in [-0.4, -0.2) is 28.7 Å². The van der Waals surface area contributed by atoms with E-state index in [1.54, 1.807) is 42.5 Å². The van der Waals surface area contributed by atoms with Crippen molar-refractivity contribution in [2.24, 2.45) is 29.1 Å². The number of fused-ring (bicyclic) bond motifs is 5. The number of aryl methyl sites for hydroxylation is 1. The lowest BCUT2D eigenvalue weighted by Gasteiger charge is -2.49. The van der Waals surface area contributed by atoms with Crippen LogP contribution in [0.1, 0.15) is 36.8 Å². The van der Waals surface area contributed by atoms with Crippen molar-refractivity contribution in [2.75, 3.05) is 9.80 Å². The van der Waals surface area contributed by atoms with Gasteiger partial charge in [-0.1, -0.05) is 83.9 Å². The molecule has 4 aromatic rings. The Morgan fingerprint density at radius 3 is 2.30 bits per heavy atom. The fourth-order valence-corrected chi connectivity index (χ4v) is 8.84. The SMILES string of the molecule is Cc1ccc(N2C(=O)C3CC=C4C(CC5C(=O)N(c6ccccc6)C(=O)C5(C)C4c4ccc5ccccc5c4O)C3C2=O)cc1Cl. The first-order valence-electron chi connectivity index (χ1n) is 15.6. The first-order chi connectivity index (χ1) is 22.1. The van der Waals surface area contributed by atoms with Crippen molar-refractivity contribution in [3.8, 4) is 5.75 Å². The van der Waals surface area contributed by atoms with E-state index in [9.17, 15) is 24.3 Å². The number of hydrogen-bond acceptors (Lipinski definition) is 5. The number of anilines is 2. The Morgan fingerprint density at radius 1 is 0.804 bits per heavy atom. The van der Waals surface area contributed by atoms with Gasteiger partial charge in [0.15, 0.2) is 0 Å². The number of nitrogens with zero attached hydrogens (tertiary/aromatic N) is 2. The Hall–Kier alpha value is -4.75. The van der Waals surface area contributed by atoms with Gasteiger partial charge in [0, 0.05) is 21.9 Å². The molecule has 0 spiro atoms. The lowest BCUT2D eigenvalue weighted by atomic mass is 9.51. The summed E-state index contributed by atoms with van der Waals surface area (Å²) in [4.78, 5) is 59.7. The molecule has 8 heteroatoms. The number of carbonyl (C=O) groups is 4. The van der Waals surface area contributed by atoms with E-state index in [1.807, 2.05) is 62.4 Å². The molecule has 4 amide bonds. The lowest BCUT2D eigenvalue weighted by Crippen LogP contribution is -2.48. The zero-order chi connectivity index (χ0) is 32.1. The van der Waals surface area contributed by atoms with Gasteiger partial charge in [-0.05, 0) is 67.8 Å². The highest BCUT2D eigenvalue weighted by molar-refractivity contribution is 6.32. The summed E-state index contributed by atoms with van der Waals surface area (Å²) in [6.07, 6.45) is 2.55. The number of aromatic hydroxyl groups is 1. The van der Waals surface area contributed by atoms with Gasteiger partial charge in [-0.25, -0.2) is 9.80 Å². The topological polar surface area (TPSA) is 95.0 Å². The minimum atomic E-state index is -1.24. The molecule has 7 nitrogen and oxygen atoms in total. The number of halogens is 1. The van der Waals surface area contributed by atoms with E-state index in [0.29, 0.717) is 33.8 Å². The van der Waals surface area contributed by atoms with Gasteiger partial charge in [-0.2, -0.15) is 0 Å². The predicted octanol–water partition coefficient (Wildman–Crippen LogP) is 6.94. The molecular formula is C38H31ClN2O5. The molecule has 4 aliphatic rings. The lowest BCUT2D eigenvalue weighted by molar-refractivity contribution is -0.131. The van der Waals surface area contributed by atoms with Crippen LogP contribution < -0.4 is 9.80 Å². The van der Waals surface area contributed by atoms with Gasteiger partial charge in [0.25, 0.3) is 0 Å². The second-order valence-corrected chi connectivity index (χ2v) is 13.6. The number of hydrogen-bond donors (Lipinski definition) is 1. The fourth-order valence-electron chi connectivity index (χ4n) is 8.66. The number of benzene rings is 4. The number of phenolic OH excluding ortho intramolecular Hbond substituents is 1. The highest BCUT2D eigenvalue weighted by Crippen LogP contribution is 2.64. The summed E-state index contributed by atoms with van der Waals surface area (Å²) in [5, 5.41) is 13.8. The minimum Gasteiger partial charge on any atom is -0.507 e. The maximum atomic E-state index is 14.6. The summed E-state index contributed by atoms with van der Waals surface area (Å²) in [5.74, 6) is -4.50.